The molecule has 1 aliphatic rings. The van der Waals surface area contributed by atoms with Gasteiger partial charge < -0.3 is 10.0 Å². The molecule has 116 valence electrons. The van der Waals surface area contributed by atoms with Crippen LogP contribution in [0, 0.1) is 5.82 Å². The number of amides is 1. The van der Waals surface area contributed by atoms with E-state index in [2.05, 4.69) is 0 Å². The van der Waals surface area contributed by atoms with Crippen LogP contribution in [0.15, 0.2) is 24.3 Å². The maximum atomic E-state index is 13.0. The van der Waals surface area contributed by atoms with Crippen LogP contribution in [-0.2, 0) is 15.0 Å². The zero-order chi connectivity index (χ0) is 15.6. The highest BCUT2D eigenvalue weighted by molar-refractivity contribution is 7.87. The van der Waals surface area contributed by atoms with Crippen LogP contribution >= 0.6 is 0 Å². The number of hydrogen-bond acceptors (Lipinski definition) is 4. The minimum absolute atomic E-state index is 0.163. The summed E-state index contributed by atoms with van der Waals surface area (Å²) < 4.78 is 47.9. The molecule has 1 aromatic carbocycles. The van der Waals surface area contributed by atoms with Crippen LogP contribution in [0.3, 0.4) is 0 Å². The molecule has 2 atom stereocenters. The van der Waals surface area contributed by atoms with Crippen LogP contribution in [0.25, 0.3) is 0 Å². The first-order chi connectivity index (χ1) is 9.82. The molecular weight excluding hydrogens is 304 g/mol. The maximum Gasteiger partial charge on any atom is 0.307 e. The Kier molecular flexibility index (Phi) is 4.58. The fraction of sp³-hybridized carbons (Fsp3) is 0.462. The molecule has 1 fully saturated rings. The van der Waals surface area contributed by atoms with Crippen molar-refractivity contribution in [2.45, 2.75) is 24.1 Å². The molecule has 8 heteroatoms. The van der Waals surface area contributed by atoms with Gasteiger partial charge in [0.25, 0.3) is 0 Å². The summed E-state index contributed by atoms with van der Waals surface area (Å²) in [6, 6.07) is 4.74. The second kappa shape index (κ2) is 6.07. The second-order valence-corrected chi connectivity index (χ2v) is 6.55. The zero-order valence-electron chi connectivity index (χ0n) is 11.1. The van der Waals surface area contributed by atoms with Crippen LogP contribution in [0.1, 0.15) is 24.4 Å². The fourth-order valence-electron chi connectivity index (χ4n) is 2.50. The van der Waals surface area contributed by atoms with Gasteiger partial charge in [0.05, 0.1) is 6.04 Å². The second-order valence-electron chi connectivity index (χ2n) is 4.93. The number of carbonyl (C=O) groups is 1. The van der Waals surface area contributed by atoms with Crippen LogP contribution in [-0.4, -0.2) is 42.7 Å². The predicted molar refractivity (Wildman–Crippen MR) is 71.0 cm³/mol. The predicted octanol–water partition coefficient (Wildman–Crippen LogP) is 1.15. The Morgan fingerprint density at radius 3 is 2.43 bits per heavy atom. The van der Waals surface area contributed by atoms with Gasteiger partial charge in [0.1, 0.15) is 11.1 Å². The first-order valence-electron chi connectivity index (χ1n) is 6.42. The van der Waals surface area contributed by atoms with Gasteiger partial charge in [-0.1, -0.05) is 12.1 Å². The average Bonchev–Trinajstić information content (AvgIpc) is 2.79. The maximum absolute atomic E-state index is 13.0. The van der Waals surface area contributed by atoms with Crippen molar-refractivity contribution in [3.8, 4) is 0 Å². The molecule has 2 rings (SSSR count). The minimum Gasteiger partial charge on any atom is -0.396 e. The van der Waals surface area contributed by atoms with E-state index in [1.807, 2.05) is 0 Å². The molecule has 1 heterocycles. The van der Waals surface area contributed by atoms with Crippen molar-refractivity contribution >= 4 is 16.1 Å². The summed E-state index contributed by atoms with van der Waals surface area (Å²) in [4.78, 5) is 13.2. The number of carbonyl (C=O) groups excluding carboxylic acids is 1. The van der Waals surface area contributed by atoms with Crippen molar-refractivity contribution < 1.29 is 26.6 Å². The Hall–Kier alpha value is -1.54. The van der Waals surface area contributed by atoms with E-state index in [-0.39, 0.29) is 19.6 Å². The first kappa shape index (κ1) is 15.8. The number of halogens is 2. The van der Waals surface area contributed by atoms with Gasteiger partial charge in [-0.25, -0.2) is 4.39 Å². The quantitative estimate of drug-likeness (QED) is 0.826. The lowest BCUT2D eigenvalue weighted by Crippen LogP contribution is -2.32. The number of rotatable bonds is 5. The number of benzene rings is 1. The van der Waals surface area contributed by atoms with E-state index in [0.29, 0.717) is 5.56 Å². The molecule has 0 radical (unpaired) electrons. The van der Waals surface area contributed by atoms with Gasteiger partial charge in [-0.3, -0.25) is 4.79 Å². The van der Waals surface area contributed by atoms with E-state index >= 15 is 0 Å². The van der Waals surface area contributed by atoms with Gasteiger partial charge in [-0.15, -0.1) is 3.89 Å². The van der Waals surface area contributed by atoms with Crippen LogP contribution in [0.5, 0.6) is 0 Å². The molecule has 1 N–H and O–H groups in total. The number of aliphatic hydroxyl groups is 1. The van der Waals surface area contributed by atoms with Crippen molar-refractivity contribution in [1.29, 1.82) is 0 Å². The number of nitrogens with zero attached hydrogens (tertiary/aromatic N) is 1. The van der Waals surface area contributed by atoms with Crippen molar-refractivity contribution in [1.82, 2.24) is 4.90 Å². The van der Waals surface area contributed by atoms with E-state index in [1.165, 1.54) is 29.2 Å². The highest BCUT2D eigenvalue weighted by atomic mass is 32.3. The van der Waals surface area contributed by atoms with Gasteiger partial charge in [0.2, 0.25) is 5.91 Å². The van der Waals surface area contributed by atoms with E-state index in [0.717, 1.165) is 0 Å². The molecule has 0 bridgehead atoms. The SMILES string of the molecule is O=C1CC(S(=O)(=O)F)CN1C(CCO)c1ccc(F)cc1. The van der Waals surface area contributed by atoms with Crippen molar-refractivity contribution in [3.63, 3.8) is 0 Å². The Balaban J connectivity index is 2.26. The van der Waals surface area contributed by atoms with Crippen molar-refractivity contribution in [3.05, 3.63) is 35.6 Å². The zero-order valence-corrected chi connectivity index (χ0v) is 11.9. The molecule has 1 saturated heterocycles. The summed E-state index contributed by atoms with van der Waals surface area (Å²) >= 11 is 0. The standard InChI is InChI=1S/C13H15F2NO4S/c14-10-3-1-9(2-4-10)12(5-6-17)16-8-11(7-13(16)18)21(15,19)20/h1-4,11-12,17H,5-8H2. The number of hydrogen-bond donors (Lipinski definition) is 1. The monoisotopic (exact) mass is 319 g/mol. The molecule has 0 aromatic heterocycles. The molecule has 0 saturated carbocycles. The number of aliphatic hydroxyl groups excluding tert-OH is 1. The third-order valence-corrected chi connectivity index (χ3v) is 4.67. The molecule has 21 heavy (non-hydrogen) atoms. The highest BCUT2D eigenvalue weighted by Crippen LogP contribution is 2.31. The summed E-state index contributed by atoms with van der Waals surface area (Å²) in [5.41, 5.74) is 0.565. The van der Waals surface area contributed by atoms with Gasteiger partial charge >= 0.3 is 10.2 Å². The average molecular weight is 319 g/mol. The van der Waals surface area contributed by atoms with E-state index < -0.39 is 39.7 Å². The van der Waals surface area contributed by atoms with E-state index in [9.17, 15) is 21.5 Å². The molecule has 5 nitrogen and oxygen atoms in total. The topological polar surface area (TPSA) is 74.7 Å². The van der Waals surface area contributed by atoms with Gasteiger partial charge in [0, 0.05) is 19.6 Å². The third kappa shape index (κ3) is 3.56. The van der Waals surface area contributed by atoms with Gasteiger partial charge in [-0.05, 0) is 24.1 Å². The molecule has 1 aromatic rings. The summed E-state index contributed by atoms with van der Waals surface area (Å²) in [5.74, 6) is -0.942. The van der Waals surface area contributed by atoms with E-state index in [4.69, 9.17) is 5.11 Å². The number of likely N-dealkylation sites (tertiary alicyclic amines) is 1. The lowest BCUT2D eigenvalue weighted by Gasteiger charge is -2.28. The summed E-state index contributed by atoms with van der Waals surface area (Å²) in [5, 5.41) is 7.74. The summed E-state index contributed by atoms with van der Waals surface area (Å²) in [7, 11) is -4.79. The molecule has 0 aliphatic carbocycles. The fourth-order valence-corrected chi connectivity index (χ4v) is 3.18. The van der Waals surface area contributed by atoms with Crippen LogP contribution in [0.4, 0.5) is 8.28 Å². The Morgan fingerprint density at radius 1 is 1.33 bits per heavy atom. The van der Waals surface area contributed by atoms with Crippen LogP contribution < -0.4 is 0 Å². The Labute approximate surface area is 121 Å². The normalized spacial score (nSPS) is 20.8. The summed E-state index contributed by atoms with van der Waals surface area (Å²) in [6.07, 6.45) is -0.252. The van der Waals surface area contributed by atoms with Crippen LogP contribution in [0.2, 0.25) is 0 Å². The van der Waals surface area contributed by atoms with E-state index in [1.54, 1.807) is 0 Å². The molecule has 0 spiro atoms. The molecule has 1 aliphatic heterocycles. The highest BCUT2D eigenvalue weighted by Gasteiger charge is 2.41. The molecule has 2 unspecified atom stereocenters. The minimum atomic E-state index is -4.79. The Bertz CT molecular complexity index is 618. The van der Waals surface area contributed by atoms with Crippen molar-refractivity contribution in [2.24, 2.45) is 0 Å². The third-order valence-electron chi connectivity index (χ3n) is 3.55. The first-order valence-corrected chi connectivity index (χ1v) is 7.87. The van der Waals surface area contributed by atoms with Gasteiger partial charge in [0.15, 0.2) is 0 Å². The Morgan fingerprint density at radius 2 is 1.95 bits per heavy atom. The lowest BCUT2D eigenvalue weighted by atomic mass is 10.0. The summed E-state index contributed by atoms with van der Waals surface area (Å²) in [6.45, 7) is -0.501. The largest absolute Gasteiger partial charge is 0.396 e. The smallest absolute Gasteiger partial charge is 0.307 e. The van der Waals surface area contributed by atoms with Crippen molar-refractivity contribution in [2.75, 3.05) is 13.2 Å². The molecule has 1 amide bonds. The van der Waals surface area contributed by atoms with Gasteiger partial charge in [-0.2, -0.15) is 8.42 Å². The molecular formula is C13H15F2NO4S. The lowest BCUT2D eigenvalue weighted by molar-refractivity contribution is -0.130.